The zero-order valence-electron chi connectivity index (χ0n) is 12.6. The summed E-state index contributed by atoms with van der Waals surface area (Å²) < 4.78 is 5.36. The van der Waals surface area contributed by atoms with Gasteiger partial charge in [0.15, 0.2) is 5.82 Å². The standard InChI is InChI=1S/C17H15N3O2S/c1-10-3-2-4-12(9-10)16(21)18-13-7-8-23-14(13)17-19-15(20-22-17)11-5-6-11/h2-4,7-9,11H,5-6H2,1H3,(H,18,21). The molecule has 1 amide bonds. The third kappa shape index (κ3) is 2.90. The van der Waals surface area contributed by atoms with Gasteiger partial charge in [-0.25, -0.2) is 0 Å². The van der Waals surface area contributed by atoms with Crippen molar-refractivity contribution in [2.24, 2.45) is 0 Å². The predicted octanol–water partition coefficient (Wildman–Crippen LogP) is 4.24. The highest BCUT2D eigenvalue weighted by molar-refractivity contribution is 7.14. The third-order valence-electron chi connectivity index (χ3n) is 3.77. The van der Waals surface area contributed by atoms with Crippen LogP contribution >= 0.6 is 11.3 Å². The van der Waals surface area contributed by atoms with Gasteiger partial charge in [0.05, 0.1) is 5.69 Å². The molecule has 1 fully saturated rings. The number of nitrogens with one attached hydrogen (secondary N) is 1. The van der Waals surface area contributed by atoms with Crippen LogP contribution in [0.4, 0.5) is 5.69 Å². The van der Waals surface area contributed by atoms with Crippen molar-refractivity contribution in [1.29, 1.82) is 0 Å². The Morgan fingerprint density at radius 2 is 2.22 bits per heavy atom. The lowest BCUT2D eigenvalue weighted by Crippen LogP contribution is -2.11. The predicted molar refractivity (Wildman–Crippen MR) is 88.7 cm³/mol. The molecule has 23 heavy (non-hydrogen) atoms. The Kier molecular flexibility index (Phi) is 3.46. The number of amides is 1. The lowest BCUT2D eigenvalue weighted by molar-refractivity contribution is 0.102. The summed E-state index contributed by atoms with van der Waals surface area (Å²) in [5.74, 6) is 1.54. The van der Waals surface area contributed by atoms with E-state index in [1.165, 1.54) is 11.3 Å². The summed E-state index contributed by atoms with van der Waals surface area (Å²) in [4.78, 5) is 17.6. The lowest BCUT2D eigenvalue weighted by atomic mass is 10.1. The average Bonchev–Trinajstić information content (AvgIpc) is 3.10. The summed E-state index contributed by atoms with van der Waals surface area (Å²) >= 11 is 1.48. The van der Waals surface area contributed by atoms with Gasteiger partial charge in [0.1, 0.15) is 4.88 Å². The molecule has 2 heterocycles. The highest BCUT2D eigenvalue weighted by Gasteiger charge is 2.29. The van der Waals surface area contributed by atoms with Crippen molar-refractivity contribution < 1.29 is 9.32 Å². The third-order valence-corrected chi connectivity index (χ3v) is 4.67. The fourth-order valence-electron chi connectivity index (χ4n) is 2.39. The summed E-state index contributed by atoms with van der Waals surface area (Å²) in [5, 5.41) is 8.87. The van der Waals surface area contributed by atoms with Crippen LogP contribution in [-0.4, -0.2) is 16.0 Å². The number of carbonyl (C=O) groups excluding carboxylic acids is 1. The minimum absolute atomic E-state index is 0.143. The van der Waals surface area contributed by atoms with Crippen LogP contribution in [0.1, 0.15) is 40.5 Å². The Hall–Kier alpha value is -2.47. The van der Waals surface area contributed by atoms with E-state index in [1.54, 1.807) is 6.07 Å². The lowest BCUT2D eigenvalue weighted by Gasteiger charge is -2.05. The van der Waals surface area contributed by atoms with Crippen molar-refractivity contribution >= 4 is 22.9 Å². The minimum atomic E-state index is -0.143. The molecule has 1 saturated carbocycles. The molecule has 0 radical (unpaired) electrons. The van der Waals surface area contributed by atoms with Gasteiger partial charge in [-0.1, -0.05) is 22.9 Å². The van der Waals surface area contributed by atoms with Crippen molar-refractivity contribution in [3.05, 3.63) is 52.7 Å². The number of thiophene rings is 1. The molecule has 1 aliphatic carbocycles. The van der Waals surface area contributed by atoms with E-state index in [1.807, 2.05) is 36.6 Å². The molecule has 0 atom stereocenters. The molecule has 0 aliphatic heterocycles. The maximum absolute atomic E-state index is 12.4. The Balaban J connectivity index is 1.58. The Labute approximate surface area is 137 Å². The zero-order valence-corrected chi connectivity index (χ0v) is 13.4. The molecule has 4 rings (SSSR count). The van der Waals surface area contributed by atoms with Crippen LogP contribution in [0.5, 0.6) is 0 Å². The fourth-order valence-corrected chi connectivity index (χ4v) is 3.16. The molecule has 1 N–H and O–H groups in total. The van der Waals surface area contributed by atoms with E-state index in [2.05, 4.69) is 15.5 Å². The molecule has 2 aromatic heterocycles. The van der Waals surface area contributed by atoms with Crippen molar-refractivity contribution in [2.75, 3.05) is 5.32 Å². The fraction of sp³-hybridized carbons (Fsp3) is 0.235. The molecule has 0 saturated heterocycles. The molecule has 0 bridgehead atoms. The number of aryl methyl sites for hydroxylation is 1. The Morgan fingerprint density at radius 3 is 3.00 bits per heavy atom. The molecule has 5 nitrogen and oxygen atoms in total. The van der Waals surface area contributed by atoms with Gasteiger partial charge in [-0.3, -0.25) is 4.79 Å². The largest absolute Gasteiger partial charge is 0.333 e. The molecule has 0 unspecified atom stereocenters. The number of carbonyl (C=O) groups is 1. The minimum Gasteiger partial charge on any atom is -0.333 e. The van der Waals surface area contributed by atoms with E-state index in [9.17, 15) is 4.79 Å². The van der Waals surface area contributed by atoms with Gasteiger partial charge < -0.3 is 9.84 Å². The average molecular weight is 325 g/mol. The molecule has 1 aromatic carbocycles. The topological polar surface area (TPSA) is 68.0 Å². The number of aromatic nitrogens is 2. The van der Waals surface area contributed by atoms with Gasteiger partial charge in [0.2, 0.25) is 0 Å². The maximum Gasteiger partial charge on any atom is 0.270 e. The van der Waals surface area contributed by atoms with Crippen LogP contribution in [0.2, 0.25) is 0 Å². The van der Waals surface area contributed by atoms with Crippen LogP contribution < -0.4 is 5.32 Å². The van der Waals surface area contributed by atoms with Gasteiger partial charge in [0, 0.05) is 11.5 Å². The van der Waals surface area contributed by atoms with Crippen molar-refractivity contribution in [3.63, 3.8) is 0 Å². The molecular formula is C17H15N3O2S. The van der Waals surface area contributed by atoms with Crippen LogP contribution in [0.25, 0.3) is 10.8 Å². The molecule has 3 aromatic rings. The van der Waals surface area contributed by atoms with E-state index in [0.717, 1.165) is 29.1 Å². The number of hydrogen-bond donors (Lipinski definition) is 1. The number of hydrogen-bond acceptors (Lipinski definition) is 5. The first-order valence-corrected chi connectivity index (χ1v) is 8.38. The molecule has 6 heteroatoms. The Morgan fingerprint density at radius 1 is 1.35 bits per heavy atom. The first-order valence-electron chi connectivity index (χ1n) is 7.50. The number of nitrogens with zero attached hydrogens (tertiary/aromatic N) is 2. The van der Waals surface area contributed by atoms with Crippen LogP contribution in [0.15, 0.2) is 40.2 Å². The van der Waals surface area contributed by atoms with Gasteiger partial charge >= 0.3 is 0 Å². The van der Waals surface area contributed by atoms with Crippen LogP contribution in [-0.2, 0) is 0 Å². The first kappa shape index (κ1) is 14.1. The second-order valence-corrected chi connectivity index (χ2v) is 6.64. The van der Waals surface area contributed by atoms with Gasteiger partial charge in [-0.15, -0.1) is 11.3 Å². The van der Waals surface area contributed by atoms with Gasteiger partial charge in [0.25, 0.3) is 11.8 Å². The Bertz CT molecular complexity index is 864. The SMILES string of the molecule is Cc1cccc(C(=O)Nc2ccsc2-c2nc(C3CC3)no2)c1. The van der Waals surface area contributed by atoms with E-state index < -0.39 is 0 Å². The van der Waals surface area contributed by atoms with Gasteiger partial charge in [-0.2, -0.15) is 4.98 Å². The van der Waals surface area contributed by atoms with Crippen molar-refractivity contribution in [1.82, 2.24) is 10.1 Å². The van der Waals surface area contributed by atoms with E-state index in [0.29, 0.717) is 23.1 Å². The first-order chi connectivity index (χ1) is 11.2. The summed E-state index contributed by atoms with van der Waals surface area (Å²) in [5.41, 5.74) is 2.38. The number of rotatable bonds is 4. The van der Waals surface area contributed by atoms with Crippen LogP contribution in [0.3, 0.4) is 0 Å². The monoisotopic (exact) mass is 325 g/mol. The normalized spacial score (nSPS) is 14.0. The van der Waals surface area contributed by atoms with Crippen LogP contribution in [0, 0.1) is 6.92 Å². The van der Waals surface area contributed by atoms with Crippen molar-refractivity contribution in [3.8, 4) is 10.8 Å². The highest BCUT2D eigenvalue weighted by atomic mass is 32.1. The smallest absolute Gasteiger partial charge is 0.270 e. The second kappa shape index (κ2) is 5.62. The maximum atomic E-state index is 12.4. The second-order valence-electron chi connectivity index (χ2n) is 5.72. The van der Waals surface area contributed by atoms with E-state index in [-0.39, 0.29) is 5.91 Å². The number of anilines is 1. The summed E-state index contributed by atoms with van der Waals surface area (Å²) in [7, 11) is 0. The summed E-state index contributed by atoms with van der Waals surface area (Å²) in [6, 6.07) is 9.35. The summed E-state index contributed by atoms with van der Waals surface area (Å²) in [6.07, 6.45) is 2.25. The highest BCUT2D eigenvalue weighted by Crippen LogP contribution is 2.40. The number of benzene rings is 1. The molecule has 116 valence electrons. The summed E-state index contributed by atoms with van der Waals surface area (Å²) in [6.45, 7) is 1.96. The molecule has 1 aliphatic rings. The van der Waals surface area contributed by atoms with E-state index in [4.69, 9.17) is 4.52 Å². The van der Waals surface area contributed by atoms with E-state index >= 15 is 0 Å². The molecule has 0 spiro atoms. The van der Waals surface area contributed by atoms with Gasteiger partial charge in [-0.05, 0) is 43.3 Å². The molecular weight excluding hydrogens is 310 g/mol. The zero-order chi connectivity index (χ0) is 15.8. The van der Waals surface area contributed by atoms with Crippen molar-refractivity contribution in [2.45, 2.75) is 25.7 Å². The quantitative estimate of drug-likeness (QED) is 0.779.